The van der Waals surface area contributed by atoms with Crippen molar-refractivity contribution in [3.8, 4) is 0 Å². The molecule has 1 unspecified atom stereocenters. The van der Waals surface area contributed by atoms with Crippen molar-refractivity contribution in [3.05, 3.63) is 28.5 Å². The van der Waals surface area contributed by atoms with Crippen molar-refractivity contribution < 1.29 is 0 Å². The minimum Gasteiger partial charge on any atom is -0.310 e. The van der Waals surface area contributed by atoms with Crippen LogP contribution in [-0.4, -0.2) is 11.5 Å². The van der Waals surface area contributed by atoms with Gasteiger partial charge in [-0.25, -0.2) is 0 Å². The second-order valence-electron chi connectivity index (χ2n) is 5.27. The number of hydrogen-bond acceptors (Lipinski definition) is 2. The van der Waals surface area contributed by atoms with Gasteiger partial charge in [-0.3, -0.25) is 4.98 Å². The molecule has 18 heavy (non-hydrogen) atoms. The second-order valence-corrected chi connectivity index (χ2v) is 6.18. The highest BCUT2D eigenvalue weighted by Gasteiger charge is 2.11. The zero-order valence-electron chi connectivity index (χ0n) is 11.7. The molecule has 0 aromatic carbocycles. The van der Waals surface area contributed by atoms with Crippen molar-refractivity contribution in [2.45, 2.75) is 52.5 Å². The Morgan fingerprint density at radius 3 is 2.67 bits per heavy atom. The number of nitrogens with zero attached hydrogens (tertiary/aromatic N) is 1. The van der Waals surface area contributed by atoms with Gasteiger partial charge >= 0.3 is 0 Å². The van der Waals surface area contributed by atoms with Crippen LogP contribution in [0.2, 0.25) is 0 Å². The molecule has 0 aliphatic carbocycles. The Morgan fingerprint density at radius 2 is 2.06 bits per heavy atom. The average Bonchev–Trinajstić information content (AvgIpc) is 2.33. The van der Waals surface area contributed by atoms with E-state index in [1.54, 1.807) is 0 Å². The maximum atomic E-state index is 4.27. The molecule has 1 atom stereocenters. The SMILES string of the molecule is CCCNC(CCCC(C)C)c1cncc(Br)c1. The molecule has 0 fully saturated rings. The fraction of sp³-hybridized carbons (Fsp3) is 0.667. The molecular formula is C15H25BrN2. The van der Waals surface area contributed by atoms with Gasteiger partial charge in [0.25, 0.3) is 0 Å². The highest BCUT2D eigenvalue weighted by Crippen LogP contribution is 2.22. The molecule has 0 amide bonds. The van der Waals surface area contributed by atoms with E-state index in [1.165, 1.54) is 31.2 Å². The Morgan fingerprint density at radius 1 is 1.28 bits per heavy atom. The fourth-order valence-electron chi connectivity index (χ4n) is 2.05. The summed E-state index contributed by atoms with van der Waals surface area (Å²) in [5.74, 6) is 0.789. The van der Waals surface area contributed by atoms with E-state index in [-0.39, 0.29) is 0 Å². The van der Waals surface area contributed by atoms with Crippen LogP contribution in [0.25, 0.3) is 0 Å². The highest BCUT2D eigenvalue weighted by atomic mass is 79.9. The van der Waals surface area contributed by atoms with E-state index in [2.05, 4.69) is 53.1 Å². The maximum absolute atomic E-state index is 4.27. The van der Waals surface area contributed by atoms with E-state index in [1.807, 2.05) is 12.4 Å². The Labute approximate surface area is 120 Å². The topological polar surface area (TPSA) is 24.9 Å². The number of rotatable bonds is 8. The summed E-state index contributed by atoms with van der Waals surface area (Å²) in [5, 5.41) is 3.63. The van der Waals surface area contributed by atoms with Crippen molar-refractivity contribution in [2.75, 3.05) is 6.54 Å². The average molecular weight is 313 g/mol. The van der Waals surface area contributed by atoms with Gasteiger partial charge in [0.05, 0.1) is 0 Å². The number of aromatic nitrogens is 1. The second kappa shape index (κ2) is 8.65. The third-order valence-corrected chi connectivity index (χ3v) is 3.48. The third kappa shape index (κ3) is 5.96. The quantitative estimate of drug-likeness (QED) is 0.752. The molecule has 1 heterocycles. The van der Waals surface area contributed by atoms with Gasteiger partial charge in [0, 0.05) is 22.9 Å². The molecule has 102 valence electrons. The van der Waals surface area contributed by atoms with E-state index in [4.69, 9.17) is 0 Å². The summed E-state index contributed by atoms with van der Waals surface area (Å²) in [6, 6.07) is 2.61. The van der Waals surface area contributed by atoms with Crippen LogP contribution in [0.3, 0.4) is 0 Å². The lowest BCUT2D eigenvalue weighted by Gasteiger charge is -2.19. The Hall–Kier alpha value is -0.410. The smallest absolute Gasteiger partial charge is 0.0410 e. The first-order valence-corrected chi connectivity index (χ1v) is 7.76. The summed E-state index contributed by atoms with van der Waals surface area (Å²) in [7, 11) is 0. The molecule has 0 saturated carbocycles. The molecule has 0 radical (unpaired) electrons. The molecule has 1 aromatic heterocycles. The Kier molecular flexibility index (Phi) is 7.52. The number of pyridine rings is 1. The summed E-state index contributed by atoms with van der Waals surface area (Å²) < 4.78 is 1.06. The Bertz CT molecular complexity index is 339. The molecule has 3 heteroatoms. The Balaban J connectivity index is 2.59. The van der Waals surface area contributed by atoms with E-state index in [9.17, 15) is 0 Å². The fourth-order valence-corrected chi connectivity index (χ4v) is 2.44. The van der Waals surface area contributed by atoms with E-state index < -0.39 is 0 Å². The van der Waals surface area contributed by atoms with Gasteiger partial charge < -0.3 is 5.32 Å². The van der Waals surface area contributed by atoms with Crippen molar-refractivity contribution in [1.82, 2.24) is 10.3 Å². The van der Waals surface area contributed by atoms with Gasteiger partial charge in [-0.2, -0.15) is 0 Å². The molecule has 1 aromatic rings. The minimum atomic E-state index is 0.439. The number of nitrogens with one attached hydrogen (secondary N) is 1. The van der Waals surface area contributed by atoms with Gasteiger partial charge in [0.1, 0.15) is 0 Å². The lowest BCUT2D eigenvalue weighted by molar-refractivity contribution is 0.447. The molecule has 0 spiro atoms. The van der Waals surface area contributed by atoms with Gasteiger partial charge in [-0.15, -0.1) is 0 Å². The maximum Gasteiger partial charge on any atom is 0.0410 e. The van der Waals surface area contributed by atoms with Gasteiger partial charge in [0.2, 0.25) is 0 Å². The standard InChI is InChI=1S/C15H25BrN2/c1-4-8-18-15(7-5-6-12(2)3)13-9-14(16)11-17-10-13/h9-12,15,18H,4-8H2,1-3H3. The van der Waals surface area contributed by atoms with Gasteiger partial charge in [-0.1, -0.05) is 33.6 Å². The summed E-state index contributed by atoms with van der Waals surface area (Å²) in [4.78, 5) is 4.27. The van der Waals surface area contributed by atoms with E-state index in [0.29, 0.717) is 6.04 Å². The van der Waals surface area contributed by atoms with Crippen LogP contribution in [0, 0.1) is 5.92 Å². The number of hydrogen-bond donors (Lipinski definition) is 1. The predicted molar refractivity (Wildman–Crippen MR) is 81.7 cm³/mol. The van der Waals surface area contributed by atoms with Gasteiger partial charge in [0.15, 0.2) is 0 Å². The number of halogens is 1. The normalized spacial score (nSPS) is 12.9. The monoisotopic (exact) mass is 312 g/mol. The van der Waals surface area contributed by atoms with Crippen LogP contribution in [0.15, 0.2) is 22.9 Å². The first-order chi connectivity index (χ1) is 8.63. The van der Waals surface area contributed by atoms with Crippen molar-refractivity contribution in [2.24, 2.45) is 5.92 Å². The van der Waals surface area contributed by atoms with Crippen LogP contribution in [0.4, 0.5) is 0 Å². The summed E-state index contributed by atoms with van der Waals surface area (Å²) in [6.45, 7) is 7.85. The van der Waals surface area contributed by atoms with Crippen LogP contribution in [-0.2, 0) is 0 Å². The largest absolute Gasteiger partial charge is 0.310 e. The highest BCUT2D eigenvalue weighted by molar-refractivity contribution is 9.10. The van der Waals surface area contributed by atoms with Crippen molar-refractivity contribution in [1.29, 1.82) is 0 Å². The summed E-state index contributed by atoms with van der Waals surface area (Å²) in [6.07, 6.45) is 8.75. The lowest BCUT2D eigenvalue weighted by atomic mass is 9.99. The van der Waals surface area contributed by atoms with Gasteiger partial charge in [-0.05, 0) is 52.9 Å². The molecule has 2 nitrogen and oxygen atoms in total. The van der Waals surface area contributed by atoms with Crippen LogP contribution in [0.1, 0.15) is 58.1 Å². The molecule has 0 aliphatic rings. The minimum absolute atomic E-state index is 0.439. The zero-order chi connectivity index (χ0) is 13.4. The van der Waals surface area contributed by atoms with E-state index in [0.717, 1.165) is 16.9 Å². The van der Waals surface area contributed by atoms with Crippen LogP contribution < -0.4 is 5.32 Å². The third-order valence-electron chi connectivity index (χ3n) is 3.04. The van der Waals surface area contributed by atoms with Crippen molar-refractivity contribution in [3.63, 3.8) is 0 Å². The first kappa shape index (κ1) is 15.6. The van der Waals surface area contributed by atoms with Crippen LogP contribution >= 0.6 is 15.9 Å². The molecule has 1 N–H and O–H groups in total. The van der Waals surface area contributed by atoms with Crippen molar-refractivity contribution >= 4 is 15.9 Å². The summed E-state index contributed by atoms with van der Waals surface area (Å²) >= 11 is 3.50. The first-order valence-electron chi connectivity index (χ1n) is 6.97. The summed E-state index contributed by atoms with van der Waals surface area (Å²) in [5.41, 5.74) is 1.29. The lowest BCUT2D eigenvalue weighted by Crippen LogP contribution is -2.22. The molecular weight excluding hydrogens is 288 g/mol. The zero-order valence-corrected chi connectivity index (χ0v) is 13.3. The molecule has 1 rings (SSSR count). The molecule has 0 saturated heterocycles. The molecule has 0 aliphatic heterocycles. The predicted octanol–water partition coefficient (Wildman–Crippen LogP) is 4.71. The molecule has 0 bridgehead atoms. The van der Waals surface area contributed by atoms with Crippen LogP contribution in [0.5, 0.6) is 0 Å². The van der Waals surface area contributed by atoms with E-state index >= 15 is 0 Å².